The summed E-state index contributed by atoms with van der Waals surface area (Å²) in [6.07, 6.45) is 0. The van der Waals surface area contributed by atoms with Crippen LogP contribution in [-0.2, 0) is 0 Å². The number of ether oxygens (including phenoxy) is 1. The number of hydrogen-bond donors (Lipinski definition) is 1. The summed E-state index contributed by atoms with van der Waals surface area (Å²) in [5.74, 6) is -0.529. The molecule has 1 rings (SSSR count). The van der Waals surface area contributed by atoms with Crippen molar-refractivity contribution in [3.63, 3.8) is 0 Å². The lowest BCUT2D eigenvalue weighted by molar-refractivity contribution is 0.0692. The highest BCUT2D eigenvalue weighted by Gasteiger charge is 2.14. The zero-order valence-corrected chi connectivity index (χ0v) is 11.6. The number of hydrogen-bond acceptors (Lipinski definition) is 2. The van der Waals surface area contributed by atoms with E-state index in [9.17, 15) is 4.79 Å². The van der Waals surface area contributed by atoms with Gasteiger partial charge in [0, 0.05) is 10.0 Å². The van der Waals surface area contributed by atoms with E-state index in [4.69, 9.17) is 9.84 Å². The van der Waals surface area contributed by atoms with Crippen molar-refractivity contribution in [2.24, 2.45) is 0 Å². The first-order valence-corrected chi connectivity index (χ1v) is 6.02. The van der Waals surface area contributed by atoms with Crippen LogP contribution in [0, 0.1) is 6.92 Å². The third kappa shape index (κ3) is 3.52. The van der Waals surface area contributed by atoms with E-state index in [1.54, 1.807) is 6.07 Å². The van der Waals surface area contributed by atoms with Gasteiger partial charge in [0.1, 0.15) is 11.3 Å². The fourth-order valence-corrected chi connectivity index (χ4v) is 1.48. The lowest BCUT2D eigenvalue weighted by Crippen LogP contribution is -2.04. The molecule has 4 heteroatoms. The first-order valence-electron chi connectivity index (χ1n) is 5.23. The van der Waals surface area contributed by atoms with E-state index in [1.807, 2.05) is 27.7 Å². The van der Waals surface area contributed by atoms with Gasteiger partial charge in [-0.3, -0.25) is 0 Å². The molecule has 0 aromatic heterocycles. The molecule has 0 saturated heterocycles. The van der Waals surface area contributed by atoms with Crippen LogP contribution in [0.3, 0.4) is 0 Å². The molecule has 1 N–H and O–H groups in total. The number of carboxylic acids is 1. The van der Waals surface area contributed by atoms with Crippen LogP contribution in [0.2, 0.25) is 0 Å². The standard InChI is InChI=1S/C10H11BrO3.C2H6/c1-3-14-9-6(2)8(11)5-4-7(9)10(12)13;1-2/h4-5H,3H2,1-2H3,(H,12,13);1-2H3. The fraction of sp³-hybridized carbons (Fsp3) is 0.417. The van der Waals surface area contributed by atoms with Crippen molar-refractivity contribution in [2.75, 3.05) is 6.61 Å². The van der Waals surface area contributed by atoms with Crippen LogP contribution in [0.5, 0.6) is 5.75 Å². The topological polar surface area (TPSA) is 46.5 Å². The lowest BCUT2D eigenvalue weighted by Gasteiger charge is -2.11. The molecule has 0 aliphatic rings. The SMILES string of the molecule is CC.CCOc1c(C(=O)O)ccc(Br)c1C. The molecule has 90 valence electrons. The summed E-state index contributed by atoms with van der Waals surface area (Å²) < 4.78 is 6.15. The number of carboxylic acid groups (broad SMARTS) is 1. The Morgan fingerprint density at radius 2 is 2.00 bits per heavy atom. The van der Waals surface area contributed by atoms with Gasteiger partial charge in [0.15, 0.2) is 0 Å². The molecule has 0 spiro atoms. The Kier molecular flexibility index (Phi) is 6.81. The molecule has 0 saturated carbocycles. The summed E-state index contributed by atoms with van der Waals surface area (Å²) in [7, 11) is 0. The maximum Gasteiger partial charge on any atom is 0.339 e. The summed E-state index contributed by atoms with van der Waals surface area (Å²) in [6, 6.07) is 3.24. The average molecular weight is 289 g/mol. The highest BCUT2D eigenvalue weighted by Crippen LogP contribution is 2.30. The second-order valence-electron chi connectivity index (χ2n) is 2.79. The molecule has 0 fully saturated rings. The van der Waals surface area contributed by atoms with Crippen LogP contribution in [-0.4, -0.2) is 17.7 Å². The maximum absolute atomic E-state index is 10.9. The van der Waals surface area contributed by atoms with Crippen LogP contribution in [0.4, 0.5) is 0 Å². The molecule has 0 atom stereocenters. The second-order valence-corrected chi connectivity index (χ2v) is 3.64. The minimum absolute atomic E-state index is 0.201. The molecule has 0 amide bonds. The monoisotopic (exact) mass is 288 g/mol. The molecular formula is C12H17BrO3. The van der Waals surface area contributed by atoms with Crippen LogP contribution in [0.25, 0.3) is 0 Å². The molecule has 0 heterocycles. The molecule has 0 unspecified atom stereocenters. The zero-order valence-electron chi connectivity index (χ0n) is 10.0. The third-order valence-electron chi connectivity index (χ3n) is 1.86. The zero-order chi connectivity index (χ0) is 12.7. The molecule has 1 aromatic rings. The quantitative estimate of drug-likeness (QED) is 0.918. The van der Waals surface area contributed by atoms with Gasteiger partial charge in [0.05, 0.1) is 6.61 Å². The maximum atomic E-state index is 10.9. The smallest absolute Gasteiger partial charge is 0.339 e. The van der Waals surface area contributed by atoms with Crippen molar-refractivity contribution < 1.29 is 14.6 Å². The Hall–Kier alpha value is -1.03. The van der Waals surface area contributed by atoms with Gasteiger partial charge in [-0.15, -0.1) is 0 Å². The first-order chi connectivity index (χ1) is 7.57. The van der Waals surface area contributed by atoms with Crippen molar-refractivity contribution in [1.82, 2.24) is 0 Å². The first kappa shape index (κ1) is 15.0. The van der Waals surface area contributed by atoms with Crippen molar-refractivity contribution in [3.8, 4) is 5.75 Å². The summed E-state index contributed by atoms with van der Waals surface area (Å²) in [6.45, 7) is 8.10. The molecule has 3 nitrogen and oxygen atoms in total. The van der Waals surface area contributed by atoms with Gasteiger partial charge in [-0.1, -0.05) is 29.8 Å². The van der Waals surface area contributed by atoms with Crippen molar-refractivity contribution in [1.29, 1.82) is 0 Å². The Labute approximate surface area is 105 Å². The molecule has 16 heavy (non-hydrogen) atoms. The number of benzene rings is 1. The Morgan fingerprint density at radius 3 is 2.44 bits per heavy atom. The number of aromatic carboxylic acids is 1. The van der Waals surface area contributed by atoms with Gasteiger partial charge in [0.2, 0.25) is 0 Å². The van der Waals surface area contributed by atoms with Gasteiger partial charge in [-0.05, 0) is 26.0 Å². The van der Waals surface area contributed by atoms with Gasteiger partial charge in [-0.2, -0.15) is 0 Å². The van der Waals surface area contributed by atoms with E-state index >= 15 is 0 Å². The van der Waals surface area contributed by atoms with E-state index < -0.39 is 5.97 Å². The number of halogens is 1. The van der Waals surface area contributed by atoms with E-state index in [0.29, 0.717) is 12.4 Å². The third-order valence-corrected chi connectivity index (χ3v) is 2.72. The molecule has 0 radical (unpaired) electrons. The van der Waals surface area contributed by atoms with Gasteiger partial charge in [0.25, 0.3) is 0 Å². The Balaban J connectivity index is 0.00000106. The van der Waals surface area contributed by atoms with Crippen LogP contribution >= 0.6 is 15.9 Å². The molecule has 0 aliphatic carbocycles. The van der Waals surface area contributed by atoms with Crippen LogP contribution in [0.1, 0.15) is 36.7 Å². The predicted molar refractivity (Wildman–Crippen MR) is 68.4 cm³/mol. The Bertz CT molecular complexity index is 362. The summed E-state index contributed by atoms with van der Waals surface area (Å²) in [5, 5.41) is 8.91. The summed E-state index contributed by atoms with van der Waals surface area (Å²) in [4.78, 5) is 10.9. The van der Waals surface area contributed by atoms with Gasteiger partial charge in [-0.25, -0.2) is 4.79 Å². The second kappa shape index (κ2) is 7.28. The van der Waals surface area contributed by atoms with Crippen molar-refractivity contribution >= 4 is 21.9 Å². The van der Waals surface area contributed by atoms with E-state index in [-0.39, 0.29) is 5.56 Å². The van der Waals surface area contributed by atoms with Gasteiger partial charge < -0.3 is 9.84 Å². The van der Waals surface area contributed by atoms with E-state index in [2.05, 4.69) is 15.9 Å². The summed E-state index contributed by atoms with van der Waals surface area (Å²) in [5.41, 5.74) is 1.01. The number of rotatable bonds is 3. The Morgan fingerprint density at radius 1 is 1.44 bits per heavy atom. The normalized spacial score (nSPS) is 9.06. The van der Waals surface area contributed by atoms with E-state index in [1.165, 1.54) is 6.07 Å². The summed E-state index contributed by atoms with van der Waals surface area (Å²) >= 11 is 3.33. The van der Waals surface area contributed by atoms with E-state index in [0.717, 1.165) is 10.0 Å². The minimum Gasteiger partial charge on any atom is -0.493 e. The molecular weight excluding hydrogens is 272 g/mol. The van der Waals surface area contributed by atoms with Crippen molar-refractivity contribution in [2.45, 2.75) is 27.7 Å². The number of carbonyl (C=O) groups is 1. The largest absolute Gasteiger partial charge is 0.493 e. The van der Waals surface area contributed by atoms with Crippen molar-refractivity contribution in [3.05, 3.63) is 27.7 Å². The molecule has 0 bridgehead atoms. The highest BCUT2D eigenvalue weighted by molar-refractivity contribution is 9.10. The van der Waals surface area contributed by atoms with Gasteiger partial charge >= 0.3 is 5.97 Å². The predicted octanol–water partition coefficient (Wildman–Crippen LogP) is 3.88. The lowest BCUT2D eigenvalue weighted by atomic mass is 10.1. The molecule has 0 aliphatic heterocycles. The van der Waals surface area contributed by atoms with Crippen LogP contribution in [0.15, 0.2) is 16.6 Å². The van der Waals surface area contributed by atoms with Crippen LogP contribution < -0.4 is 4.74 Å². The fourth-order valence-electron chi connectivity index (χ4n) is 1.17. The molecule has 1 aromatic carbocycles. The minimum atomic E-state index is -0.968. The highest BCUT2D eigenvalue weighted by atomic mass is 79.9. The average Bonchev–Trinajstić information content (AvgIpc) is 2.27.